The molecule has 0 fully saturated rings. The monoisotopic (exact) mass is 558 g/mol. The molecule has 0 aliphatic carbocycles. The number of methoxy groups -OCH3 is 1. The minimum Gasteiger partial charge on any atom is -0.383 e. The van der Waals surface area contributed by atoms with Crippen LogP contribution in [0.3, 0.4) is 0 Å². The maximum Gasteiger partial charge on any atom is 0.240 e. The number of hydrogen-bond acceptors (Lipinski definition) is 5. The van der Waals surface area contributed by atoms with Crippen molar-refractivity contribution in [1.82, 2.24) is 15.1 Å². The number of thioether (sulfide) groups is 1. The molecule has 0 radical (unpaired) electrons. The van der Waals surface area contributed by atoms with E-state index in [2.05, 4.69) is 11.4 Å². The molecule has 0 saturated carbocycles. The van der Waals surface area contributed by atoms with Crippen LogP contribution in [0.15, 0.2) is 72.8 Å². The highest BCUT2D eigenvalue weighted by Gasteiger charge is 2.38. The minimum absolute atomic E-state index is 0.113. The third-order valence-corrected chi connectivity index (χ3v) is 8.05. The molecule has 1 aliphatic rings. The molecule has 40 heavy (non-hydrogen) atoms. The Balaban J connectivity index is 1.78. The van der Waals surface area contributed by atoms with Crippen LogP contribution in [0.1, 0.15) is 27.5 Å². The maximum absolute atomic E-state index is 14.5. The number of anilines is 1. The van der Waals surface area contributed by atoms with Crippen LogP contribution < -0.4 is 10.2 Å². The highest BCUT2D eigenvalue weighted by molar-refractivity contribution is 8.00. The van der Waals surface area contributed by atoms with Gasteiger partial charge in [-0.2, -0.15) is 5.10 Å². The van der Waals surface area contributed by atoms with Crippen LogP contribution in [-0.4, -0.2) is 54.2 Å². The summed E-state index contributed by atoms with van der Waals surface area (Å²) < 4.78 is 21.3. The Morgan fingerprint density at radius 2 is 1.90 bits per heavy atom. The molecule has 1 N–H and O–H groups in total. The lowest BCUT2D eigenvalue weighted by atomic mass is 9.99. The lowest BCUT2D eigenvalue weighted by molar-refractivity contribution is -0.123. The van der Waals surface area contributed by atoms with Crippen LogP contribution >= 0.6 is 11.8 Å². The fourth-order valence-electron chi connectivity index (χ4n) is 4.96. The van der Waals surface area contributed by atoms with Gasteiger partial charge in [0.25, 0.3) is 0 Å². The molecule has 1 aliphatic heterocycles. The average molecular weight is 559 g/mol. The number of carbonyl (C=O) groups is 2. The van der Waals surface area contributed by atoms with E-state index in [9.17, 15) is 14.0 Å². The molecule has 4 aromatic rings. The number of benzene rings is 3. The lowest BCUT2D eigenvalue weighted by Gasteiger charge is -2.24. The summed E-state index contributed by atoms with van der Waals surface area (Å²) in [6.45, 7) is 4.53. The average Bonchev–Trinajstić information content (AvgIpc) is 3.25. The molecule has 0 saturated heterocycles. The molecule has 2 amide bonds. The van der Waals surface area contributed by atoms with Crippen molar-refractivity contribution in [3.05, 3.63) is 101 Å². The van der Waals surface area contributed by atoms with Crippen LogP contribution in [0.2, 0.25) is 0 Å². The number of aryl methyl sites for hydroxylation is 2. The summed E-state index contributed by atoms with van der Waals surface area (Å²) in [6, 6.07) is 22.2. The molecule has 0 spiro atoms. The van der Waals surface area contributed by atoms with Crippen LogP contribution in [0.4, 0.5) is 10.2 Å². The zero-order valence-electron chi connectivity index (χ0n) is 22.7. The maximum atomic E-state index is 14.5. The first-order chi connectivity index (χ1) is 19.4. The highest BCUT2D eigenvalue weighted by atomic mass is 32.2. The largest absolute Gasteiger partial charge is 0.383 e. The number of amides is 2. The molecular weight excluding hydrogens is 527 g/mol. The summed E-state index contributed by atoms with van der Waals surface area (Å²) in [5.41, 5.74) is 5.90. The number of carbonyl (C=O) groups excluding carboxylic acids is 2. The van der Waals surface area contributed by atoms with E-state index in [1.807, 2.05) is 62.4 Å². The summed E-state index contributed by atoms with van der Waals surface area (Å²) in [7, 11) is 1.56. The first kappa shape index (κ1) is 27.6. The van der Waals surface area contributed by atoms with Gasteiger partial charge in [0, 0.05) is 24.8 Å². The Bertz CT molecular complexity index is 1540. The van der Waals surface area contributed by atoms with Crippen molar-refractivity contribution in [2.24, 2.45) is 0 Å². The number of ether oxygens (including phenoxy) is 1. The van der Waals surface area contributed by atoms with Gasteiger partial charge < -0.3 is 10.1 Å². The molecule has 5 rings (SSSR count). The molecule has 1 atom stereocenters. The van der Waals surface area contributed by atoms with E-state index in [1.165, 1.54) is 28.8 Å². The van der Waals surface area contributed by atoms with Crippen LogP contribution in [0.25, 0.3) is 16.9 Å². The van der Waals surface area contributed by atoms with Gasteiger partial charge in [0.05, 0.1) is 29.0 Å². The van der Waals surface area contributed by atoms with Crippen LogP contribution in [-0.2, 0) is 14.3 Å². The number of halogens is 1. The van der Waals surface area contributed by atoms with Crippen molar-refractivity contribution in [3.63, 3.8) is 0 Å². The molecule has 3 aromatic carbocycles. The normalized spacial score (nSPS) is 15.1. The predicted octanol–water partition coefficient (Wildman–Crippen LogP) is 5.23. The van der Waals surface area contributed by atoms with Gasteiger partial charge >= 0.3 is 0 Å². The van der Waals surface area contributed by atoms with Crippen LogP contribution in [0, 0.1) is 19.7 Å². The fraction of sp³-hybridized carbons (Fsp3) is 0.258. The number of nitrogens with one attached hydrogen (secondary N) is 1. The van der Waals surface area contributed by atoms with Crippen molar-refractivity contribution in [1.29, 1.82) is 0 Å². The van der Waals surface area contributed by atoms with Crippen molar-refractivity contribution >= 4 is 29.4 Å². The van der Waals surface area contributed by atoms with E-state index in [1.54, 1.807) is 17.9 Å². The van der Waals surface area contributed by atoms with Gasteiger partial charge in [-0.3, -0.25) is 14.5 Å². The third-order valence-electron chi connectivity index (χ3n) is 6.80. The molecule has 1 unspecified atom stereocenters. The number of hydrogen-bond donors (Lipinski definition) is 1. The number of nitrogens with zero attached hydrogens (tertiary/aromatic N) is 3. The fourth-order valence-corrected chi connectivity index (χ4v) is 6.15. The van der Waals surface area contributed by atoms with Crippen molar-refractivity contribution < 1.29 is 18.7 Å². The van der Waals surface area contributed by atoms with E-state index >= 15 is 0 Å². The summed E-state index contributed by atoms with van der Waals surface area (Å²) in [4.78, 5) is 28.3. The Hall–Kier alpha value is -3.95. The molecule has 9 heteroatoms. The SMILES string of the molecule is COCCNC(=O)CN1C(=O)CSC(c2cccc(F)c2)c2c(-c3ccccc3)nn(-c3ccc(C)cc3C)c21. The molecule has 2 heterocycles. The zero-order chi connectivity index (χ0) is 28.2. The standard InChI is InChI=1S/C31H31FN4O3S/c1-20-12-13-25(21(2)16-20)36-31-28(29(34-36)22-8-5-4-6-9-22)30(23-10-7-11-24(32)17-23)40-19-27(38)35(31)18-26(37)33-14-15-39-3/h4-13,16-17,30H,14-15,18-19H2,1-3H3,(H,33,37). The molecule has 7 nitrogen and oxygen atoms in total. The number of rotatable bonds is 8. The van der Waals surface area contributed by atoms with E-state index in [-0.39, 0.29) is 29.9 Å². The van der Waals surface area contributed by atoms with Crippen LogP contribution in [0.5, 0.6) is 0 Å². The topological polar surface area (TPSA) is 76.5 Å². The molecule has 1 aromatic heterocycles. The van der Waals surface area contributed by atoms with E-state index in [0.717, 1.165) is 33.5 Å². The van der Waals surface area contributed by atoms with Crippen molar-refractivity contribution in [2.75, 3.05) is 37.5 Å². The Labute approximate surface area is 237 Å². The Kier molecular flexibility index (Phi) is 8.32. The molecule has 206 valence electrons. The highest BCUT2D eigenvalue weighted by Crippen LogP contribution is 2.48. The van der Waals surface area contributed by atoms with Gasteiger partial charge in [-0.1, -0.05) is 60.2 Å². The summed E-state index contributed by atoms with van der Waals surface area (Å²) >= 11 is 1.41. The second-order valence-electron chi connectivity index (χ2n) is 9.72. The van der Waals surface area contributed by atoms with E-state index in [0.29, 0.717) is 24.7 Å². The quantitative estimate of drug-likeness (QED) is 0.300. The Morgan fingerprint density at radius 1 is 1.10 bits per heavy atom. The predicted molar refractivity (Wildman–Crippen MR) is 156 cm³/mol. The van der Waals surface area contributed by atoms with Crippen molar-refractivity contribution in [3.8, 4) is 16.9 Å². The van der Waals surface area contributed by atoms with E-state index < -0.39 is 5.25 Å². The van der Waals surface area contributed by atoms with Gasteiger partial charge in [0.15, 0.2) is 0 Å². The summed E-state index contributed by atoms with van der Waals surface area (Å²) in [5, 5.41) is 7.52. The van der Waals surface area contributed by atoms with E-state index in [4.69, 9.17) is 9.84 Å². The number of fused-ring (bicyclic) bond motifs is 1. The first-order valence-corrected chi connectivity index (χ1v) is 14.1. The number of aromatic nitrogens is 2. The second-order valence-corrected chi connectivity index (χ2v) is 10.8. The zero-order valence-corrected chi connectivity index (χ0v) is 23.5. The van der Waals surface area contributed by atoms with Gasteiger partial charge in [-0.25, -0.2) is 9.07 Å². The molecule has 0 bridgehead atoms. The van der Waals surface area contributed by atoms with Gasteiger partial charge in [-0.05, 0) is 43.2 Å². The second kappa shape index (κ2) is 12.1. The third kappa shape index (κ3) is 5.66. The van der Waals surface area contributed by atoms with Crippen molar-refractivity contribution in [2.45, 2.75) is 19.1 Å². The molecular formula is C31H31FN4O3S. The minimum atomic E-state index is -0.397. The lowest BCUT2D eigenvalue weighted by Crippen LogP contribution is -2.43. The first-order valence-electron chi connectivity index (χ1n) is 13.1. The van der Waals surface area contributed by atoms with Gasteiger partial charge in [-0.15, -0.1) is 11.8 Å². The Morgan fingerprint density at radius 3 is 2.62 bits per heavy atom. The van der Waals surface area contributed by atoms with Gasteiger partial charge in [0.1, 0.15) is 18.2 Å². The van der Waals surface area contributed by atoms with Gasteiger partial charge in [0.2, 0.25) is 11.8 Å². The summed E-state index contributed by atoms with van der Waals surface area (Å²) in [5.74, 6) is -0.259. The smallest absolute Gasteiger partial charge is 0.240 e. The summed E-state index contributed by atoms with van der Waals surface area (Å²) in [6.07, 6.45) is 0.